The Balaban J connectivity index is 3.03. The Hall–Kier alpha value is -0.331. The monoisotopic (exact) mass is 175 g/mol. The molecular weight excluding hydrogens is 170 g/mol. The fourth-order valence-electron chi connectivity index (χ4n) is 0.435. The first-order valence-electron chi connectivity index (χ1n) is 2.21. The summed E-state index contributed by atoms with van der Waals surface area (Å²) in [4.78, 5) is 0. The Morgan fingerprint density at radius 2 is 1.62 bits per heavy atom. The van der Waals surface area contributed by atoms with Crippen molar-refractivity contribution in [1.29, 1.82) is 0 Å². The first kappa shape index (κ1) is 5.80. The van der Waals surface area contributed by atoms with Crippen molar-refractivity contribution in [1.82, 2.24) is 0 Å². The molecule has 1 aromatic carbocycles. The van der Waals surface area contributed by atoms with Gasteiger partial charge < -0.3 is 0 Å². The first-order chi connectivity index (χ1) is 3.79. The molecule has 0 aliphatic rings. The Morgan fingerprint density at radius 1 is 1.12 bits per heavy atom. The van der Waals surface area contributed by atoms with Crippen molar-refractivity contribution >= 4 is 20.5 Å². The Morgan fingerprint density at radius 3 is 2.00 bits per heavy atom. The molecule has 1 radical (unpaired) electrons. The van der Waals surface area contributed by atoms with Gasteiger partial charge in [0.05, 0.1) is 0 Å². The third-order valence-corrected chi connectivity index (χ3v) is 1.38. The fourth-order valence-corrected chi connectivity index (χ4v) is 0.720. The number of rotatable bonds is 0. The molecule has 0 saturated heterocycles. The summed E-state index contributed by atoms with van der Waals surface area (Å²) in [5.41, 5.74) is 0. The molecule has 1 rings (SSSR count). The van der Waals surface area contributed by atoms with Crippen molar-refractivity contribution in [2.24, 2.45) is 0 Å². The Kier molecular flexibility index (Phi) is 1.66. The van der Waals surface area contributed by atoms with Gasteiger partial charge in [-0.1, -0.05) is 0 Å². The van der Waals surface area contributed by atoms with E-state index >= 15 is 0 Å². The first-order valence-corrected chi connectivity index (χ1v) is 3.07. The van der Waals surface area contributed by atoms with E-state index in [0.717, 1.165) is 4.46 Å². The molecule has 0 spiro atoms. The van der Waals surface area contributed by atoms with Gasteiger partial charge in [-0.3, -0.25) is 0 Å². The minimum atomic E-state index is -0.191. The summed E-state index contributed by atoms with van der Waals surface area (Å²) >= 11 is 2.76. The maximum absolute atomic E-state index is 12.1. The third kappa shape index (κ3) is 1.32. The quantitative estimate of drug-likeness (QED) is 0.506. The molecule has 0 aliphatic carbocycles. The molecule has 0 fully saturated rings. The molecule has 0 aliphatic heterocycles. The van der Waals surface area contributed by atoms with E-state index in [1.54, 1.807) is 12.1 Å². The van der Waals surface area contributed by atoms with Crippen molar-refractivity contribution < 1.29 is 4.39 Å². The van der Waals surface area contributed by atoms with Crippen LogP contribution in [0.3, 0.4) is 0 Å². The molecule has 0 bridgehead atoms. The van der Waals surface area contributed by atoms with Crippen molar-refractivity contribution in [2.75, 3.05) is 0 Å². The average Bonchev–Trinajstić information content (AvgIpc) is 1.77. The second kappa shape index (κ2) is 2.29. The standard InChI is InChI=1S/C6H4FSe/c7-5-1-3-6(8)4-2-5/h1-4H. The van der Waals surface area contributed by atoms with E-state index in [4.69, 9.17) is 0 Å². The summed E-state index contributed by atoms with van der Waals surface area (Å²) in [5, 5.41) is 0. The number of halogens is 1. The zero-order valence-electron chi connectivity index (χ0n) is 4.10. The number of benzene rings is 1. The van der Waals surface area contributed by atoms with E-state index < -0.39 is 0 Å². The topological polar surface area (TPSA) is 0 Å². The molecule has 0 unspecified atom stereocenters. The van der Waals surface area contributed by atoms with Crippen molar-refractivity contribution in [2.45, 2.75) is 0 Å². The van der Waals surface area contributed by atoms with Gasteiger partial charge in [-0.2, -0.15) is 0 Å². The van der Waals surface area contributed by atoms with E-state index in [9.17, 15) is 4.39 Å². The van der Waals surface area contributed by atoms with Crippen LogP contribution in [0.25, 0.3) is 0 Å². The normalized spacial score (nSPS) is 9.12. The summed E-state index contributed by atoms with van der Waals surface area (Å²) in [6.07, 6.45) is 0. The summed E-state index contributed by atoms with van der Waals surface area (Å²) in [6.45, 7) is 0. The van der Waals surface area contributed by atoms with Gasteiger partial charge in [0.15, 0.2) is 0 Å². The molecule has 0 heterocycles. The zero-order chi connectivity index (χ0) is 5.98. The molecule has 0 saturated carbocycles. The summed E-state index contributed by atoms with van der Waals surface area (Å²) in [5.74, 6) is -0.191. The molecule has 41 valence electrons. The van der Waals surface area contributed by atoms with Gasteiger partial charge in [0.2, 0.25) is 0 Å². The van der Waals surface area contributed by atoms with Gasteiger partial charge in [-0.15, -0.1) is 0 Å². The van der Waals surface area contributed by atoms with Gasteiger partial charge in [0, 0.05) is 0 Å². The predicted octanol–water partition coefficient (Wildman–Crippen LogP) is 0.619. The summed E-state index contributed by atoms with van der Waals surface area (Å²) in [7, 11) is 0. The molecule has 0 atom stereocenters. The predicted molar refractivity (Wildman–Crippen MR) is 31.8 cm³/mol. The van der Waals surface area contributed by atoms with Gasteiger partial charge >= 0.3 is 54.9 Å². The van der Waals surface area contributed by atoms with Crippen LogP contribution in [0.15, 0.2) is 24.3 Å². The van der Waals surface area contributed by atoms with Gasteiger partial charge in [0.1, 0.15) is 0 Å². The van der Waals surface area contributed by atoms with Gasteiger partial charge in [-0.25, -0.2) is 0 Å². The molecule has 1 aromatic rings. The molecule has 0 aromatic heterocycles. The Bertz CT molecular complexity index is 147. The molecule has 0 amide bonds. The number of hydrogen-bond donors (Lipinski definition) is 0. The van der Waals surface area contributed by atoms with Crippen LogP contribution in [0, 0.1) is 5.82 Å². The van der Waals surface area contributed by atoms with E-state index in [0.29, 0.717) is 0 Å². The van der Waals surface area contributed by atoms with Crippen molar-refractivity contribution in [3.63, 3.8) is 0 Å². The van der Waals surface area contributed by atoms with Crippen LogP contribution in [0.5, 0.6) is 0 Å². The van der Waals surface area contributed by atoms with Gasteiger partial charge in [-0.05, 0) is 0 Å². The summed E-state index contributed by atoms with van der Waals surface area (Å²) in [6, 6.07) is 6.22. The van der Waals surface area contributed by atoms with E-state index in [1.165, 1.54) is 12.1 Å². The van der Waals surface area contributed by atoms with Crippen LogP contribution < -0.4 is 4.46 Å². The van der Waals surface area contributed by atoms with Gasteiger partial charge in [0.25, 0.3) is 0 Å². The van der Waals surface area contributed by atoms with Crippen LogP contribution in [0.2, 0.25) is 0 Å². The van der Waals surface area contributed by atoms with Crippen LogP contribution >= 0.6 is 0 Å². The number of hydrogen-bond acceptors (Lipinski definition) is 0. The summed E-state index contributed by atoms with van der Waals surface area (Å²) < 4.78 is 13.0. The van der Waals surface area contributed by atoms with Crippen LogP contribution in [-0.4, -0.2) is 16.0 Å². The van der Waals surface area contributed by atoms with E-state index in [2.05, 4.69) is 16.0 Å². The SMILES string of the molecule is Fc1ccc([Se])cc1. The van der Waals surface area contributed by atoms with Crippen molar-refractivity contribution in [3.05, 3.63) is 30.1 Å². The fraction of sp³-hybridized carbons (Fsp3) is 0. The third-order valence-electron chi connectivity index (χ3n) is 0.814. The van der Waals surface area contributed by atoms with E-state index in [1.807, 2.05) is 0 Å². The molecule has 2 heteroatoms. The van der Waals surface area contributed by atoms with Crippen LogP contribution in [0.1, 0.15) is 0 Å². The molecule has 0 N–H and O–H groups in total. The Labute approximate surface area is 55.5 Å². The van der Waals surface area contributed by atoms with Crippen LogP contribution in [-0.2, 0) is 0 Å². The molecular formula is C6H4FSe. The molecule has 8 heavy (non-hydrogen) atoms. The van der Waals surface area contributed by atoms with Crippen molar-refractivity contribution in [3.8, 4) is 0 Å². The average molecular weight is 174 g/mol. The second-order valence-corrected chi connectivity index (χ2v) is 2.44. The zero-order valence-corrected chi connectivity index (χ0v) is 5.81. The minimum absolute atomic E-state index is 0.191. The molecule has 0 nitrogen and oxygen atoms in total. The second-order valence-electron chi connectivity index (χ2n) is 1.45. The maximum atomic E-state index is 12.1. The van der Waals surface area contributed by atoms with Crippen LogP contribution in [0.4, 0.5) is 4.39 Å². The van der Waals surface area contributed by atoms with E-state index in [-0.39, 0.29) is 5.82 Å².